The maximum atomic E-state index is 13.3. The molecule has 0 aromatic heterocycles. The largest absolute Gasteiger partial charge is 0.493 e. The number of hydrogen-bond donors (Lipinski definition) is 1. The van der Waals surface area contributed by atoms with E-state index in [1.807, 2.05) is 6.92 Å². The average molecular weight is 449 g/mol. The van der Waals surface area contributed by atoms with Crippen LogP contribution in [0.1, 0.15) is 49.4 Å². The number of nitrogens with one attached hydrogen (secondary N) is 1. The molecule has 0 spiro atoms. The molecule has 0 radical (unpaired) electrons. The van der Waals surface area contributed by atoms with Crippen LogP contribution in [0, 0.1) is 0 Å². The fourth-order valence-corrected chi connectivity index (χ4v) is 3.45. The van der Waals surface area contributed by atoms with Crippen molar-refractivity contribution in [3.63, 3.8) is 0 Å². The van der Waals surface area contributed by atoms with Gasteiger partial charge < -0.3 is 23.8 Å². The Bertz CT molecular complexity index is 825. The number of carbonyl (C=O) groups is 3. The summed E-state index contributed by atoms with van der Waals surface area (Å²) in [4.78, 5) is 38.6. The zero-order valence-electron chi connectivity index (χ0n) is 19.0. The number of likely N-dealkylation sites (tertiary alicyclic amines) is 1. The Labute approximate surface area is 188 Å². The fourth-order valence-electron chi connectivity index (χ4n) is 3.45. The molecule has 9 nitrogen and oxygen atoms in total. The Morgan fingerprint density at radius 3 is 2.66 bits per heavy atom. The molecule has 9 heteroatoms. The standard InChI is InChI=1S/C23H32N2O7/c1-5-12-32-23(28)24-18-15-20(31-13-8-10-21(26)30-4)19(29-3)14-17(18)22(27)25-11-7-6-9-16(25)2/h5,14-16H,1,6-13H2,2-4H3,(H,24,28)/t16-/m1/s1. The number of esters is 1. The van der Waals surface area contributed by atoms with E-state index in [1.165, 1.54) is 26.4 Å². The summed E-state index contributed by atoms with van der Waals surface area (Å²) in [7, 11) is 2.80. The molecule has 0 unspecified atom stereocenters. The zero-order valence-corrected chi connectivity index (χ0v) is 19.0. The van der Waals surface area contributed by atoms with Crippen molar-refractivity contribution in [2.45, 2.75) is 45.1 Å². The highest BCUT2D eigenvalue weighted by Crippen LogP contribution is 2.35. The molecule has 0 saturated carbocycles. The van der Waals surface area contributed by atoms with Gasteiger partial charge in [-0.05, 0) is 38.7 Å². The molecule has 1 aromatic rings. The number of anilines is 1. The van der Waals surface area contributed by atoms with Crippen molar-refractivity contribution in [1.82, 2.24) is 4.90 Å². The van der Waals surface area contributed by atoms with Gasteiger partial charge in [0.1, 0.15) is 6.61 Å². The van der Waals surface area contributed by atoms with Crippen LogP contribution in [-0.2, 0) is 14.3 Å². The highest BCUT2D eigenvalue weighted by atomic mass is 16.5. The first kappa shape index (κ1) is 25.0. The Morgan fingerprint density at radius 2 is 2.00 bits per heavy atom. The summed E-state index contributed by atoms with van der Waals surface area (Å²) in [5.74, 6) is 0.150. The minimum Gasteiger partial charge on any atom is -0.493 e. The fraction of sp³-hybridized carbons (Fsp3) is 0.522. The number of benzene rings is 1. The van der Waals surface area contributed by atoms with Crippen LogP contribution in [0.15, 0.2) is 24.8 Å². The quantitative estimate of drug-likeness (QED) is 0.330. The molecule has 1 fully saturated rings. The molecule has 176 valence electrons. The molecule has 0 aliphatic carbocycles. The highest BCUT2D eigenvalue weighted by molar-refractivity contribution is 6.03. The third kappa shape index (κ3) is 6.90. The molecule has 1 atom stereocenters. The van der Waals surface area contributed by atoms with Gasteiger partial charge in [0.15, 0.2) is 11.5 Å². The number of rotatable bonds is 10. The van der Waals surface area contributed by atoms with Gasteiger partial charge in [-0.3, -0.25) is 14.9 Å². The maximum Gasteiger partial charge on any atom is 0.411 e. The first-order valence-corrected chi connectivity index (χ1v) is 10.7. The molecule has 1 saturated heterocycles. The van der Waals surface area contributed by atoms with Gasteiger partial charge in [0, 0.05) is 25.1 Å². The second kappa shape index (κ2) is 12.6. The summed E-state index contributed by atoms with van der Waals surface area (Å²) in [5, 5.41) is 2.62. The van der Waals surface area contributed by atoms with Crippen LogP contribution < -0.4 is 14.8 Å². The number of carbonyl (C=O) groups excluding carboxylic acids is 3. The van der Waals surface area contributed by atoms with Gasteiger partial charge in [0.25, 0.3) is 5.91 Å². The van der Waals surface area contributed by atoms with E-state index in [2.05, 4.69) is 16.6 Å². The van der Waals surface area contributed by atoms with Crippen molar-refractivity contribution in [1.29, 1.82) is 0 Å². The summed E-state index contributed by atoms with van der Waals surface area (Å²) in [5.41, 5.74) is 0.540. The lowest BCUT2D eigenvalue weighted by Gasteiger charge is -2.34. The van der Waals surface area contributed by atoms with E-state index >= 15 is 0 Å². The Kier molecular flexibility index (Phi) is 9.84. The van der Waals surface area contributed by atoms with Gasteiger partial charge in [0.05, 0.1) is 32.1 Å². The number of nitrogens with zero attached hydrogens (tertiary/aromatic N) is 1. The molecule has 32 heavy (non-hydrogen) atoms. The Balaban J connectivity index is 2.30. The summed E-state index contributed by atoms with van der Waals surface area (Å²) < 4.78 is 20.8. The molecule has 1 aromatic carbocycles. The molecule has 2 rings (SSSR count). The van der Waals surface area contributed by atoms with Crippen LogP contribution >= 0.6 is 0 Å². The minimum absolute atomic E-state index is 0.0330. The van der Waals surface area contributed by atoms with Crippen molar-refractivity contribution < 1.29 is 33.3 Å². The van der Waals surface area contributed by atoms with Crippen LogP contribution in [0.2, 0.25) is 0 Å². The summed E-state index contributed by atoms with van der Waals surface area (Å²) in [6.07, 6.45) is 4.31. The van der Waals surface area contributed by atoms with E-state index in [0.29, 0.717) is 24.5 Å². The van der Waals surface area contributed by atoms with E-state index in [4.69, 9.17) is 14.2 Å². The molecule has 1 heterocycles. The monoisotopic (exact) mass is 448 g/mol. The van der Waals surface area contributed by atoms with E-state index in [1.54, 1.807) is 11.0 Å². The van der Waals surface area contributed by atoms with Gasteiger partial charge in [-0.2, -0.15) is 0 Å². The molecule has 1 aliphatic heterocycles. The summed E-state index contributed by atoms with van der Waals surface area (Å²) in [6, 6.07) is 3.19. The van der Waals surface area contributed by atoms with Crippen LogP contribution in [0.3, 0.4) is 0 Å². The Hall–Kier alpha value is -3.23. The van der Waals surface area contributed by atoms with E-state index < -0.39 is 6.09 Å². The van der Waals surface area contributed by atoms with Crippen molar-refractivity contribution >= 4 is 23.7 Å². The van der Waals surface area contributed by atoms with Gasteiger partial charge in [-0.15, -0.1) is 0 Å². The average Bonchev–Trinajstić information content (AvgIpc) is 2.80. The second-order valence-corrected chi connectivity index (χ2v) is 7.43. The third-order valence-corrected chi connectivity index (χ3v) is 5.18. The minimum atomic E-state index is -0.715. The van der Waals surface area contributed by atoms with Crippen molar-refractivity contribution in [3.05, 3.63) is 30.4 Å². The molecule has 2 amide bonds. The highest BCUT2D eigenvalue weighted by Gasteiger charge is 2.28. The second-order valence-electron chi connectivity index (χ2n) is 7.43. The van der Waals surface area contributed by atoms with Crippen LogP contribution in [-0.4, -0.2) is 62.9 Å². The van der Waals surface area contributed by atoms with E-state index in [9.17, 15) is 14.4 Å². The number of amides is 2. The van der Waals surface area contributed by atoms with Crippen LogP contribution in [0.25, 0.3) is 0 Å². The molecule has 0 bridgehead atoms. The van der Waals surface area contributed by atoms with Crippen molar-refractivity contribution in [3.8, 4) is 11.5 Å². The summed E-state index contributed by atoms with van der Waals surface area (Å²) in [6.45, 7) is 6.43. The van der Waals surface area contributed by atoms with Crippen molar-refractivity contribution in [2.75, 3.05) is 39.3 Å². The SMILES string of the molecule is C=CCOC(=O)Nc1cc(OCCCC(=O)OC)c(OC)cc1C(=O)N1CCCC[C@H]1C. The van der Waals surface area contributed by atoms with Crippen LogP contribution in [0.4, 0.5) is 10.5 Å². The predicted molar refractivity (Wildman–Crippen MR) is 119 cm³/mol. The topological polar surface area (TPSA) is 103 Å². The maximum absolute atomic E-state index is 13.3. The van der Waals surface area contributed by atoms with Crippen molar-refractivity contribution in [2.24, 2.45) is 0 Å². The smallest absolute Gasteiger partial charge is 0.411 e. The number of ether oxygens (including phenoxy) is 4. The van der Waals surface area contributed by atoms with E-state index in [-0.39, 0.29) is 48.8 Å². The van der Waals surface area contributed by atoms with Gasteiger partial charge in [-0.1, -0.05) is 12.7 Å². The van der Waals surface area contributed by atoms with Crippen LogP contribution in [0.5, 0.6) is 11.5 Å². The number of methoxy groups -OCH3 is 2. The lowest BCUT2D eigenvalue weighted by molar-refractivity contribution is -0.140. The van der Waals surface area contributed by atoms with Gasteiger partial charge >= 0.3 is 12.1 Å². The molecular formula is C23H32N2O7. The molecular weight excluding hydrogens is 416 g/mol. The first-order chi connectivity index (χ1) is 15.4. The van der Waals surface area contributed by atoms with Gasteiger partial charge in [0.2, 0.25) is 0 Å². The first-order valence-electron chi connectivity index (χ1n) is 10.7. The predicted octanol–water partition coefficient (Wildman–Crippen LogP) is 3.78. The molecule has 1 aliphatic rings. The van der Waals surface area contributed by atoms with Gasteiger partial charge in [-0.25, -0.2) is 4.79 Å². The lowest BCUT2D eigenvalue weighted by Crippen LogP contribution is -2.42. The third-order valence-electron chi connectivity index (χ3n) is 5.18. The number of hydrogen-bond acceptors (Lipinski definition) is 7. The van der Waals surface area contributed by atoms with E-state index in [0.717, 1.165) is 19.3 Å². The lowest BCUT2D eigenvalue weighted by atomic mass is 10.0. The zero-order chi connectivity index (χ0) is 23.5. The Morgan fingerprint density at radius 1 is 1.22 bits per heavy atom. The number of piperidine rings is 1. The normalized spacial score (nSPS) is 15.5. The molecule has 1 N–H and O–H groups in total. The summed E-state index contributed by atoms with van der Waals surface area (Å²) >= 11 is 0.